The van der Waals surface area contributed by atoms with Crippen molar-refractivity contribution in [3.63, 3.8) is 0 Å². The number of carbonyl (C=O) groups is 2. The predicted octanol–water partition coefficient (Wildman–Crippen LogP) is 2.38. The molecule has 0 aliphatic heterocycles. The van der Waals surface area contributed by atoms with Crippen molar-refractivity contribution in [1.29, 1.82) is 5.26 Å². The summed E-state index contributed by atoms with van der Waals surface area (Å²) in [7, 11) is 0. The Hall–Kier alpha value is -1.77. The molecule has 1 fully saturated rings. The maximum Gasteiger partial charge on any atom is 0.407 e. The second kappa shape index (κ2) is 9.18. The van der Waals surface area contributed by atoms with Crippen molar-refractivity contribution in [3.05, 3.63) is 0 Å². The number of rotatable bonds is 4. The summed E-state index contributed by atoms with van der Waals surface area (Å²) in [6.45, 7) is 8.18. The van der Waals surface area contributed by atoms with E-state index in [-0.39, 0.29) is 12.1 Å². The van der Waals surface area contributed by atoms with Crippen LogP contribution in [-0.4, -0.2) is 30.8 Å². The maximum atomic E-state index is 11.3. The van der Waals surface area contributed by atoms with E-state index in [1.165, 1.54) is 0 Å². The number of nitriles is 1. The Morgan fingerprint density at radius 3 is 2.40 bits per heavy atom. The highest BCUT2D eigenvalue weighted by Crippen LogP contribution is 2.29. The Bertz CT molecular complexity index is 338. The molecule has 0 aromatic carbocycles. The molecule has 1 rings (SSSR count). The van der Waals surface area contributed by atoms with Crippen molar-refractivity contribution >= 4 is 12.6 Å². The van der Waals surface area contributed by atoms with Gasteiger partial charge >= 0.3 is 6.09 Å². The van der Waals surface area contributed by atoms with Crippen molar-refractivity contribution in [2.24, 2.45) is 5.92 Å². The Morgan fingerprint density at radius 1 is 1.45 bits per heavy atom. The zero-order valence-corrected chi connectivity index (χ0v) is 12.6. The molecular weight excluding hydrogens is 260 g/mol. The Balaban J connectivity index is 0.000000621. The fourth-order valence-corrected chi connectivity index (χ4v) is 1.69. The van der Waals surface area contributed by atoms with Crippen molar-refractivity contribution in [2.75, 3.05) is 6.61 Å². The molecule has 0 radical (unpaired) electrons. The van der Waals surface area contributed by atoms with Crippen LogP contribution in [0.5, 0.6) is 0 Å². The first kappa shape index (κ1) is 18.2. The topological polar surface area (TPSA) is 88.4 Å². The predicted molar refractivity (Wildman–Crippen MR) is 73.8 cm³/mol. The van der Waals surface area contributed by atoms with Crippen LogP contribution in [-0.2, 0) is 14.3 Å². The first-order valence-electron chi connectivity index (χ1n) is 6.74. The lowest BCUT2D eigenvalue weighted by atomic mass is 9.79. The van der Waals surface area contributed by atoms with Gasteiger partial charge in [-0.25, -0.2) is 4.79 Å². The highest BCUT2D eigenvalue weighted by atomic mass is 16.6. The molecule has 0 saturated heterocycles. The standard InChI is InChI=1S/C11H18N2O2.C3H6O2/c1-11(2,3)15-10(14)13-9-6-8(7-9)4-5-12;1-2-5-3-4/h8-9H,4,6-7H2,1-3H3,(H,13,14);3H,2H2,1H3. The van der Waals surface area contributed by atoms with Gasteiger partial charge in [0.1, 0.15) is 5.60 Å². The van der Waals surface area contributed by atoms with E-state index in [1.807, 2.05) is 20.8 Å². The summed E-state index contributed by atoms with van der Waals surface area (Å²) in [6, 6.07) is 2.33. The fourth-order valence-electron chi connectivity index (χ4n) is 1.69. The minimum atomic E-state index is -0.445. The van der Waals surface area contributed by atoms with Gasteiger partial charge in [0.15, 0.2) is 0 Å². The van der Waals surface area contributed by atoms with E-state index in [1.54, 1.807) is 6.92 Å². The Labute approximate surface area is 120 Å². The molecule has 6 nitrogen and oxygen atoms in total. The lowest BCUT2D eigenvalue weighted by Crippen LogP contribution is -2.46. The van der Waals surface area contributed by atoms with Gasteiger partial charge in [-0.2, -0.15) is 5.26 Å². The highest BCUT2D eigenvalue weighted by Gasteiger charge is 2.31. The van der Waals surface area contributed by atoms with E-state index < -0.39 is 5.60 Å². The van der Waals surface area contributed by atoms with Gasteiger partial charge in [-0.15, -0.1) is 0 Å². The number of alkyl carbamates (subject to hydrolysis) is 1. The number of amides is 1. The molecule has 0 heterocycles. The molecule has 1 amide bonds. The molecule has 0 unspecified atom stereocenters. The minimum absolute atomic E-state index is 0.193. The normalized spacial score (nSPS) is 20.4. The molecule has 0 aromatic heterocycles. The summed E-state index contributed by atoms with van der Waals surface area (Å²) in [4.78, 5) is 20.5. The maximum absolute atomic E-state index is 11.3. The highest BCUT2D eigenvalue weighted by molar-refractivity contribution is 5.68. The molecule has 20 heavy (non-hydrogen) atoms. The van der Waals surface area contributed by atoms with Gasteiger partial charge < -0.3 is 14.8 Å². The average Bonchev–Trinajstić information content (AvgIpc) is 2.25. The summed E-state index contributed by atoms with van der Waals surface area (Å²) >= 11 is 0. The number of nitrogens with one attached hydrogen (secondary N) is 1. The summed E-state index contributed by atoms with van der Waals surface area (Å²) in [5, 5.41) is 11.3. The smallest absolute Gasteiger partial charge is 0.407 e. The number of carbonyl (C=O) groups excluding carboxylic acids is 2. The van der Waals surface area contributed by atoms with E-state index in [9.17, 15) is 9.59 Å². The van der Waals surface area contributed by atoms with Crippen molar-refractivity contribution in [2.45, 2.75) is 58.6 Å². The van der Waals surface area contributed by atoms with E-state index in [2.05, 4.69) is 16.1 Å². The Morgan fingerprint density at radius 2 is 2.05 bits per heavy atom. The van der Waals surface area contributed by atoms with Crippen LogP contribution in [0.4, 0.5) is 4.79 Å². The van der Waals surface area contributed by atoms with Crippen LogP contribution in [0.25, 0.3) is 0 Å². The third kappa shape index (κ3) is 9.20. The number of hydrogen-bond acceptors (Lipinski definition) is 5. The van der Waals surface area contributed by atoms with Gasteiger partial charge in [0.05, 0.1) is 12.7 Å². The van der Waals surface area contributed by atoms with Gasteiger partial charge in [-0.3, -0.25) is 4.79 Å². The van der Waals surface area contributed by atoms with Gasteiger partial charge in [0.25, 0.3) is 6.47 Å². The first-order valence-corrected chi connectivity index (χ1v) is 6.74. The summed E-state index contributed by atoms with van der Waals surface area (Å²) in [5.41, 5.74) is -0.445. The second-order valence-corrected chi connectivity index (χ2v) is 5.59. The average molecular weight is 284 g/mol. The van der Waals surface area contributed by atoms with Gasteiger partial charge in [-0.05, 0) is 46.5 Å². The molecule has 0 atom stereocenters. The summed E-state index contributed by atoms with van der Waals surface area (Å²) < 4.78 is 9.28. The zero-order valence-electron chi connectivity index (χ0n) is 12.6. The quantitative estimate of drug-likeness (QED) is 0.801. The first-order chi connectivity index (χ1) is 9.32. The van der Waals surface area contributed by atoms with Crippen molar-refractivity contribution in [1.82, 2.24) is 5.32 Å². The van der Waals surface area contributed by atoms with Crippen LogP contribution in [0.2, 0.25) is 0 Å². The third-order valence-electron chi connectivity index (χ3n) is 2.57. The Kier molecular flexibility index (Phi) is 8.37. The molecule has 1 saturated carbocycles. The molecular formula is C14H24N2O4. The molecule has 114 valence electrons. The molecule has 1 N–H and O–H groups in total. The second-order valence-electron chi connectivity index (χ2n) is 5.59. The summed E-state index contributed by atoms with van der Waals surface area (Å²) in [5.74, 6) is 0.454. The van der Waals surface area contributed by atoms with E-state index >= 15 is 0 Å². The third-order valence-corrected chi connectivity index (χ3v) is 2.57. The van der Waals surface area contributed by atoms with Crippen LogP contribution in [0.1, 0.15) is 47.0 Å². The molecule has 0 aromatic rings. The van der Waals surface area contributed by atoms with Crippen molar-refractivity contribution < 1.29 is 19.1 Å². The van der Waals surface area contributed by atoms with E-state index in [0.29, 0.717) is 25.4 Å². The molecule has 6 heteroatoms. The SMILES string of the molecule is CC(C)(C)OC(=O)NC1CC(CC#N)C1.CCOC=O. The molecule has 1 aliphatic carbocycles. The van der Waals surface area contributed by atoms with Crippen molar-refractivity contribution in [3.8, 4) is 6.07 Å². The largest absolute Gasteiger partial charge is 0.468 e. The van der Waals surface area contributed by atoms with Gasteiger partial charge in [-0.1, -0.05) is 0 Å². The van der Waals surface area contributed by atoms with E-state index in [4.69, 9.17) is 10.00 Å². The van der Waals surface area contributed by atoms with Crippen LogP contribution in [0.3, 0.4) is 0 Å². The molecule has 0 spiro atoms. The van der Waals surface area contributed by atoms with Gasteiger partial charge in [0.2, 0.25) is 0 Å². The van der Waals surface area contributed by atoms with Crippen LogP contribution in [0.15, 0.2) is 0 Å². The van der Waals surface area contributed by atoms with E-state index in [0.717, 1.165) is 12.8 Å². The summed E-state index contributed by atoms with van der Waals surface area (Å²) in [6.07, 6.45) is 2.02. The lowest BCUT2D eigenvalue weighted by molar-refractivity contribution is -0.128. The molecule has 1 aliphatic rings. The number of ether oxygens (including phenoxy) is 2. The van der Waals surface area contributed by atoms with Crippen LogP contribution < -0.4 is 5.32 Å². The molecule has 0 bridgehead atoms. The monoisotopic (exact) mass is 284 g/mol. The lowest BCUT2D eigenvalue weighted by Gasteiger charge is -2.34. The van der Waals surface area contributed by atoms with Crippen LogP contribution in [0, 0.1) is 17.2 Å². The minimum Gasteiger partial charge on any atom is -0.468 e. The number of nitrogens with zero attached hydrogens (tertiary/aromatic N) is 1. The number of hydrogen-bond donors (Lipinski definition) is 1. The van der Waals surface area contributed by atoms with Gasteiger partial charge in [0, 0.05) is 12.5 Å². The van der Waals surface area contributed by atoms with Crippen LogP contribution >= 0.6 is 0 Å². The zero-order chi connectivity index (χ0) is 15.6. The fraction of sp³-hybridized carbons (Fsp3) is 0.786.